The molecule has 7 heteroatoms. The summed E-state index contributed by atoms with van der Waals surface area (Å²) in [6, 6.07) is 0. The molecule has 2 fully saturated rings. The summed E-state index contributed by atoms with van der Waals surface area (Å²) in [6.45, 7) is 7.36. The number of aliphatic hydroxyl groups excluding tert-OH is 4. The highest BCUT2D eigenvalue weighted by Crippen LogP contribution is 2.32. The third-order valence-corrected chi connectivity index (χ3v) is 5.08. The van der Waals surface area contributed by atoms with E-state index in [0.717, 1.165) is 0 Å². The Bertz CT molecular complexity index is 377. The summed E-state index contributed by atoms with van der Waals surface area (Å²) in [6.07, 6.45) is -6.22. The summed E-state index contributed by atoms with van der Waals surface area (Å²) in [4.78, 5) is 0. The number of hydrogen-bond donors (Lipinski definition) is 4. The Kier molecular flexibility index (Phi) is 6.41. The Morgan fingerprint density at radius 3 is 1.96 bits per heavy atom. The normalized spacial score (nSPS) is 51.7. The maximum atomic E-state index is 10.3. The molecule has 23 heavy (non-hydrogen) atoms. The number of ether oxygens (including phenoxy) is 3. The van der Waals surface area contributed by atoms with Crippen LogP contribution >= 0.6 is 0 Å². The second kappa shape index (κ2) is 7.74. The first kappa shape index (κ1) is 19.1. The molecule has 0 aromatic heterocycles. The molecule has 2 aliphatic rings. The van der Waals surface area contributed by atoms with E-state index in [1.165, 1.54) is 0 Å². The van der Waals surface area contributed by atoms with Crippen LogP contribution in [0.25, 0.3) is 0 Å². The fourth-order valence-electron chi connectivity index (χ4n) is 3.46. The second-order valence-electron chi connectivity index (χ2n) is 6.66. The summed E-state index contributed by atoms with van der Waals surface area (Å²) in [7, 11) is 0. The van der Waals surface area contributed by atoms with Crippen molar-refractivity contribution in [1.29, 1.82) is 0 Å². The highest BCUT2D eigenvalue weighted by molar-refractivity contribution is 4.93. The van der Waals surface area contributed by atoms with Crippen molar-refractivity contribution in [3.8, 4) is 0 Å². The van der Waals surface area contributed by atoms with Crippen molar-refractivity contribution in [3.05, 3.63) is 0 Å². The molecule has 0 spiro atoms. The monoisotopic (exact) mass is 334 g/mol. The van der Waals surface area contributed by atoms with Gasteiger partial charge in [0.2, 0.25) is 0 Å². The van der Waals surface area contributed by atoms with E-state index in [4.69, 9.17) is 14.2 Å². The predicted molar refractivity (Wildman–Crippen MR) is 81.6 cm³/mol. The van der Waals surface area contributed by atoms with Crippen molar-refractivity contribution in [3.63, 3.8) is 0 Å². The van der Waals surface area contributed by atoms with Crippen molar-refractivity contribution in [2.24, 2.45) is 5.92 Å². The first-order chi connectivity index (χ1) is 10.8. The Balaban J connectivity index is 2.08. The molecule has 5 unspecified atom stereocenters. The minimum absolute atomic E-state index is 0.213. The van der Waals surface area contributed by atoms with Crippen LogP contribution in [-0.2, 0) is 14.2 Å². The van der Waals surface area contributed by atoms with E-state index >= 15 is 0 Å². The lowest BCUT2D eigenvalue weighted by Crippen LogP contribution is -2.61. The molecule has 4 N–H and O–H groups in total. The maximum Gasteiger partial charge on any atom is 0.186 e. The number of hydrogen-bond acceptors (Lipinski definition) is 7. The van der Waals surface area contributed by atoms with Gasteiger partial charge in [-0.15, -0.1) is 0 Å². The molecule has 7 nitrogen and oxygen atoms in total. The van der Waals surface area contributed by atoms with Crippen LogP contribution in [0.3, 0.4) is 0 Å². The maximum absolute atomic E-state index is 10.3. The minimum Gasteiger partial charge on any atom is -0.390 e. The molecular weight excluding hydrogens is 304 g/mol. The van der Waals surface area contributed by atoms with E-state index in [-0.39, 0.29) is 12.0 Å². The molecule has 0 aromatic rings. The average molecular weight is 334 g/mol. The molecule has 0 radical (unpaired) electrons. The van der Waals surface area contributed by atoms with E-state index in [1.807, 2.05) is 20.8 Å². The van der Waals surface area contributed by atoms with Crippen LogP contribution in [0.15, 0.2) is 0 Å². The molecule has 0 aliphatic carbocycles. The molecular formula is C16H30O7. The van der Waals surface area contributed by atoms with Crippen molar-refractivity contribution >= 4 is 0 Å². The first-order valence-corrected chi connectivity index (χ1v) is 8.50. The molecule has 0 aromatic carbocycles. The minimum atomic E-state index is -1.21. The van der Waals surface area contributed by atoms with Crippen molar-refractivity contribution in [2.75, 3.05) is 0 Å². The summed E-state index contributed by atoms with van der Waals surface area (Å²) in [5, 5.41) is 40.8. The molecule has 0 bridgehead atoms. The predicted octanol–water partition coefficient (Wildman–Crippen LogP) is -0.216. The molecule has 0 amide bonds. The van der Waals surface area contributed by atoms with Gasteiger partial charge in [-0.2, -0.15) is 0 Å². The highest BCUT2D eigenvalue weighted by Gasteiger charge is 2.48. The van der Waals surface area contributed by atoms with Gasteiger partial charge >= 0.3 is 0 Å². The largest absolute Gasteiger partial charge is 0.390 e. The van der Waals surface area contributed by atoms with Gasteiger partial charge in [0.05, 0.1) is 24.4 Å². The van der Waals surface area contributed by atoms with E-state index in [1.54, 1.807) is 6.92 Å². The van der Waals surface area contributed by atoms with Crippen molar-refractivity contribution < 1.29 is 34.6 Å². The van der Waals surface area contributed by atoms with Crippen LogP contribution < -0.4 is 0 Å². The fourth-order valence-corrected chi connectivity index (χ4v) is 3.46. The van der Waals surface area contributed by atoms with Gasteiger partial charge in [0.25, 0.3) is 0 Å². The summed E-state index contributed by atoms with van der Waals surface area (Å²) >= 11 is 0. The third kappa shape index (κ3) is 3.71. The summed E-state index contributed by atoms with van der Waals surface area (Å²) < 4.78 is 17.1. The molecule has 10 atom stereocenters. The van der Waals surface area contributed by atoms with Crippen LogP contribution in [-0.4, -0.2) is 75.5 Å². The first-order valence-electron chi connectivity index (χ1n) is 8.50. The molecule has 2 rings (SSSR count). The standard InChI is InChI=1S/C16H30O7/c1-5-9-7(3)11(17)14(20)16(22-9)23-15-8(4)21-10(6-2)12(18)13(15)19/h7-20H,5-6H2,1-4H3/t7-,8?,9?,10?,11+,12-,13+,14?,15?,16+/m1/s1. The van der Waals surface area contributed by atoms with Gasteiger partial charge in [-0.1, -0.05) is 20.8 Å². The van der Waals surface area contributed by atoms with Gasteiger partial charge in [-0.25, -0.2) is 0 Å². The van der Waals surface area contributed by atoms with E-state index in [9.17, 15) is 20.4 Å². The molecule has 136 valence electrons. The van der Waals surface area contributed by atoms with Crippen LogP contribution in [0.5, 0.6) is 0 Å². The lowest BCUT2D eigenvalue weighted by atomic mass is 9.89. The molecule has 0 saturated carbocycles. The van der Waals surface area contributed by atoms with Crippen molar-refractivity contribution in [2.45, 2.75) is 95.7 Å². The highest BCUT2D eigenvalue weighted by atomic mass is 16.7. The van der Waals surface area contributed by atoms with Crippen LogP contribution in [0.4, 0.5) is 0 Å². The summed E-state index contributed by atoms with van der Waals surface area (Å²) in [5.74, 6) is -0.213. The van der Waals surface area contributed by atoms with E-state index in [0.29, 0.717) is 12.8 Å². The Morgan fingerprint density at radius 1 is 0.783 bits per heavy atom. The topological polar surface area (TPSA) is 109 Å². The van der Waals surface area contributed by atoms with Crippen LogP contribution in [0, 0.1) is 5.92 Å². The van der Waals surface area contributed by atoms with Gasteiger partial charge in [-0.3, -0.25) is 0 Å². The SMILES string of the molecule is CCC1O[C@@H](OC2C(C)OC(CC)[C@@H](O)[C@@H]2O)C(O)[C@@H](O)[C@@H]1C. The third-order valence-electron chi connectivity index (χ3n) is 5.08. The average Bonchev–Trinajstić information content (AvgIpc) is 2.54. The van der Waals surface area contributed by atoms with Gasteiger partial charge < -0.3 is 34.6 Å². The second-order valence-corrected chi connectivity index (χ2v) is 6.66. The van der Waals surface area contributed by atoms with Gasteiger partial charge in [-0.05, 0) is 19.8 Å². The van der Waals surface area contributed by atoms with Gasteiger partial charge in [0.15, 0.2) is 6.29 Å². The van der Waals surface area contributed by atoms with Crippen molar-refractivity contribution in [1.82, 2.24) is 0 Å². The number of aliphatic hydroxyl groups is 4. The van der Waals surface area contributed by atoms with E-state index < -0.39 is 49.0 Å². The molecule has 2 saturated heterocycles. The Labute approximate surface area is 137 Å². The van der Waals surface area contributed by atoms with Gasteiger partial charge in [0.1, 0.15) is 24.4 Å². The quantitative estimate of drug-likeness (QED) is 0.563. The van der Waals surface area contributed by atoms with Crippen LogP contribution in [0.2, 0.25) is 0 Å². The lowest BCUT2D eigenvalue weighted by molar-refractivity contribution is -0.330. The zero-order valence-corrected chi connectivity index (χ0v) is 14.2. The Morgan fingerprint density at radius 2 is 1.39 bits per heavy atom. The van der Waals surface area contributed by atoms with Gasteiger partial charge in [0, 0.05) is 5.92 Å². The van der Waals surface area contributed by atoms with E-state index in [2.05, 4.69) is 0 Å². The Hall–Kier alpha value is -0.280. The zero-order chi connectivity index (χ0) is 17.3. The molecule has 2 aliphatic heterocycles. The smallest absolute Gasteiger partial charge is 0.186 e. The van der Waals surface area contributed by atoms with Crippen LogP contribution in [0.1, 0.15) is 40.5 Å². The zero-order valence-electron chi connectivity index (χ0n) is 14.2. The summed E-state index contributed by atoms with van der Waals surface area (Å²) in [5.41, 5.74) is 0. The fraction of sp³-hybridized carbons (Fsp3) is 1.00. The number of rotatable bonds is 4. The lowest BCUT2D eigenvalue weighted by Gasteiger charge is -2.46. The molecule has 2 heterocycles.